The van der Waals surface area contributed by atoms with Gasteiger partial charge < -0.3 is 15.8 Å². The van der Waals surface area contributed by atoms with Crippen molar-refractivity contribution in [3.8, 4) is 0 Å². The molecular formula is C12H17BrN2O. The second-order valence-electron chi connectivity index (χ2n) is 4.68. The molecule has 0 aromatic heterocycles. The van der Waals surface area contributed by atoms with Crippen LogP contribution in [0.25, 0.3) is 0 Å². The van der Waals surface area contributed by atoms with Crippen LogP contribution in [0.1, 0.15) is 18.9 Å². The van der Waals surface area contributed by atoms with Gasteiger partial charge in [-0.2, -0.15) is 0 Å². The van der Waals surface area contributed by atoms with E-state index in [9.17, 15) is 0 Å². The predicted molar refractivity (Wildman–Crippen MR) is 70.8 cm³/mol. The molecule has 0 radical (unpaired) electrons. The quantitative estimate of drug-likeness (QED) is 0.821. The molecule has 1 aromatic carbocycles. The minimum Gasteiger partial charge on any atom is -0.398 e. The molecule has 3 N–H and O–H groups in total. The number of nitrogens with two attached hydrogens (primary N) is 1. The number of rotatable bonds is 2. The van der Waals surface area contributed by atoms with Crippen molar-refractivity contribution in [3.05, 3.63) is 22.2 Å². The molecule has 88 valence electrons. The van der Waals surface area contributed by atoms with Crippen LogP contribution in [-0.2, 0) is 4.74 Å². The number of ether oxygens (including phenoxy) is 1. The number of aryl methyl sites for hydroxylation is 1. The number of nitrogens with one attached hydrogen (secondary N) is 1. The lowest BCUT2D eigenvalue weighted by Gasteiger charge is -2.26. The van der Waals surface area contributed by atoms with Gasteiger partial charge in [0.25, 0.3) is 0 Å². The van der Waals surface area contributed by atoms with E-state index in [0.717, 1.165) is 41.0 Å². The largest absolute Gasteiger partial charge is 0.398 e. The van der Waals surface area contributed by atoms with Gasteiger partial charge in [0.1, 0.15) is 0 Å². The van der Waals surface area contributed by atoms with Crippen LogP contribution < -0.4 is 11.1 Å². The molecule has 0 spiro atoms. The van der Waals surface area contributed by atoms with Crippen molar-refractivity contribution in [2.45, 2.75) is 25.8 Å². The number of hydrogen-bond acceptors (Lipinski definition) is 3. The summed E-state index contributed by atoms with van der Waals surface area (Å²) in [6, 6.07) is 4.01. The molecule has 4 heteroatoms. The van der Waals surface area contributed by atoms with Crippen LogP contribution >= 0.6 is 15.9 Å². The third kappa shape index (κ3) is 2.33. The zero-order chi connectivity index (χ0) is 11.8. The maximum Gasteiger partial charge on any atom is 0.0694 e. The fourth-order valence-electron chi connectivity index (χ4n) is 1.88. The molecule has 1 fully saturated rings. The van der Waals surface area contributed by atoms with Crippen molar-refractivity contribution in [2.75, 3.05) is 24.3 Å². The lowest BCUT2D eigenvalue weighted by Crippen LogP contribution is -2.35. The Labute approximate surface area is 104 Å². The Morgan fingerprint density at radius 3 is 2.88 bits per heavy atom. The average molecular weight is 285 g/mol. The summed E-state index contributed by atoms with van der Waals surface area (Å²) in [5, 5.41) is 3.53. The van der Waals surface area contributed by atoms with Gasteiger partial charge in [-0.05, 0) is 53.9 Å². The Morgan fingerprint density at radius 1 is 1.50 bits per heavy atom. The molecule has 1 atom stereocenters. The lowest BCUT2D eigenvalue weighted by molar-refractivity contribution is 0.185. The van der Waals surface area contributed by atoms with E-state index in [1.165, 1.54) is 0 Å². The summed E-state index contributed by atoms with van der Waals surface area (Å²) >= 11 is 3.53. The van der Waals surface area contributed by atoms with E-state index >= 15 is 0 Å². The first kappa shape index (κ1) is 11.7. The van der Waals surface area contributed by atoms with E-state index in [-0.39, 0.29) is 5.54 Å². The first-order valence-electron chi connectivity index (χ1n) is 5.42. The second kappa shape index (κ2) is 4.26. The number of hydrogen-bond donors (Lipinski definition) is 2. The first-order valence-corrected chi connectivity index (χ1v) is 6.21. The van der Waals surface area contributed by atoms with Gasteiger partial charge in [0.05, 0.1) is 12.1 Å². The van der Waals surface area contributed by atoms with Gasteiger partial charge in [-0.1, -0.05) is 0 Å². The van der Waals surface area contributed by atoms with E-state index in [0.29, 0.717) is 0 Å². The van der Waals surface area contributed by atoms with Gasteiger partial charge >= 0.3 is 0 Å². The lowest BCUT2D eigenvalue weighted by atomic mass is 10.0. The molecule has 0 amide bonds. The molecule has 1 saturated heterocycles. The van der Waals surface area contributed by atoms with Gasteiger partial charge in [-0.15, -0.1) is 0 Å². The highest BCUT2D eigenvalue weighted by atomic mass is 79.9. The van der Waals surface area contributed by atoms with E-state index < -0.39 is 0 Å². The van der Waals surface area contributed by atoms with Gasteiger partial charge in [0.15, 0.2) is 0 Å². The Hall–Kier alpha value is -0.740. The van der Waals surface area contributed by atoms with E-state index in [4.69, 9.17) is 10.5 Å². The maximum atomic E-state index is 5.85. The molecule has 1 unspecified atom stereocenters. The van der Waals surface area contributed by atoms with Crippen LogP contribution in [0.3, 0.4) is 0 Å². The van der Waals surface area contributed by atoms with Crippen molar-refractivity contribution in [2.24, 2.45) is 0 Å². The minimum atomic E-state index is 0.0328. The summed E-state index contributed by atoms with van der Waals surface area (Å²) in [7, 11) is 0. The van der Waals surface area contributed by atoms with Crippen LogP contribution in [0, 0.1) is 6.92 Å². The van der Waals surface area contributed by atoms with Crippen LogP contribution in [0.2, 0.25) is 0 Å². The summed E-state index contributed by atoms with van der Waals surface area (Å²) in [4.78, 5) is 0. The van der Waals surface area contributed by atoms with Crippen molar-refractivity contribution >= 4 is 27.3 Å². The molecule has 0 bridgehead atoms. The van der Waals surface area contributed by atoms with Crippen molar-refractivity contribution in [3.63, 3.8) is 0 Å². The molecular weight excluding hydrogens is 268 g/mol. The monoisotopic (exact) mass is 284 g/mol. The maximum absolute atomic E-state index is 5.85. The van der Waals surface area contributed by atoms with Gasteiger partial charge in [0, 0.05) is 22.5 Å². The first-order chi connectivity index (χ1) is 7.50. The summed E-state index contributed by atoms with van der Waals surface area (Å²) in [6.07, 6.45) is 1.03. The summed E-state index contributed by atoms with van der Waals surface area (Å²) in [5.41, 5.74) is 8.87. The number of halogens is 1. The molecule has 1 heterocycles. The standard InChI is InChI=1S/C12H17BrN2O/c1-8-5-11(9(13)6-10(8)14)15-12(2)3-4-16-7-12/h5-6,15H,3-4,7,14H2,1-2H3. The Kier molecular flexibility index (Phi) is 3.13. The fourth-order valence-corrected chi connectivity index (χ4v) is 2.34. The second-order valence-corrected chi connectivity index (χ2v) is 5.53. The summed E-state index contributed by atoms with van der Waals surface area (Å²) in [6.45, 7) is 5.77. The van der Waals surface area contributed by atoms with Crippen LogP contribution in [0.15, 0.2) is 16.6 Å². The predicted octanol–water partition coefficient (Wildman–Crippen LogP) is 2.93. The van der Waals surface area contributed by atoms with Gasteiger partial charge in [-0.3, -0.25) is 0 Å². The Bertz CT molecular complexity index is 400. The number of anilines is 2. The van der Waals surface area contributed by atoms with Crippen molar-refractivity contribution in [1.82, 2.24) is 0 Å². The van der Waals surface area contributed by atoms with Gasteiger partial charge in [0.2, 0.25) is 0 Å². The minimum absolute atomic E-state index is 0.0328. The third-order valence-corrected chi connectivity index (χ3v) is 3.67. The smallest absolute Gasteiger partial charge is 0.0694 e. The zero-order valence-electron chi connectivity index (χ0n) is 9.64. The van der Waals surface area contributed by atoms with Crippen LogP contribution in [0.4, 0.5) is 11.4 Å². The topological polar surface area (TPSA) is 47.3 Å². The number of benzene rings is 1. The molecule has 16 heavy (non-hydrogen) atoms. The van der Waals surface area contributed by atoms with Crippen molar-refractivity contribution in [1.29, 1.82) is 0 Å². The van der Waals surface area contributed by atoms with Crippen LogP contribution in [-0.4, -0.2) is 18.8 Å². The highest BCUT2D eigenvalue weighted by Gasteiger charge is 2.29. The summed E-state index contributed by atoms with van der Waals surface area (Å²) < 4.78 is 6.43. The van der Waals surface area contributed by atoms with E-state index in [2.05, 4.69) is 34.2 Å². The average Bonchev–Trinajstić information content (AvgIpc) is 2.62. The third-order valence-electron chi connectivity index (χ3n) is 3.01. The highest BCUT2D eigenvalue weighted by Crippen LogP contribution is 2.32. The molecule has 1 aliphatic rings. The summed E-state index contributed by atoms with van der Waals surface area (Å²) in [5.74, 6) is 0. The fraction of sp³-hybridized carbons (Fsp3) is 0.500. The molecule has 3 nitrogen and oxygen atoms in total. The Balaban J connectivity index is 2.24. The SMILES string of the molecule is Cc1cc(NC2(C)CCOC2)c(Br)cc1N. The molecule has 2 rings (SSSR count). The Morgan fingerprint density at radius 2 is 2.25 bits per heavy atom. The zero-order valence-corrected chi connectivity index (χ0v) is 11.2. The van der Waals surface area contributed by atoms with E-state index in [1.54, 1.807) is 0 Å². The van der Waals surface area contributed by atoms with Crippen molar-refractivity contribution < 1.29 is 4.74 Å². The van der Waals surface area contributed by atoms with Crippen LogP contribution in [0.5, 0.6) is 0 Å². The van der Waals surface area contributed by atoms with Gasteiger partial charge in [-0.25, -0.2) is 0 Å². The number of nitrogen functional groups attached to an aromatic ring is 1. The molecule has 1 aromatic rings. The molecule has 1 aliphatic heterocycles. The highest BCUT2D eigenvalue weighted by molar-refractivity contribution is 9.10. The molecule has 0 saturated carbocycles. The molecule has 0 aliphatic carbocycles. The van der Waals surface area contributed by atoms with E-state index in [1.807, 2.05) is 13.0 Å². The normalized spacial score (nSPS) is 24.7.